The van der Waals surface area contributed by atoms with Gasteiger partial charge in [-0.1, -0.05) is 12.1 Å². The SMILES string of the molecule is CCOc1ccccc1C(=O)Nc1ccsc1C(=O)O. The van der Waals surface area contributed by atoms with Crippen LogP contribution in [0.25, 0.3) is 0 Å². The number of amides is 1. The van der Waals surface area contributed by atoms with Crippen molar-refractivity contribution in [3.05, 3.63) is 46.2 Å². The van der Waals surface area contributed by atoms with Crippen LogP contribution in [0, 0.1) is 0 Å². The van der Waals surface area contributed by atoms with Gasteiger partial charge in [0.2, 0.25) is 0 Å². The van der Waals surface area contributed by atoms with Crippen molar-refractivity contribution in [1.29, 1.82) is 0 Å². The van der Waals surface area contributed by atoms with E-state index in [1.807, 2.05) is 6.92 Å². The van der Waals surface area contributed by atoms with Crippen molar-refractivity contribution in [2.45, 2.75) is 6.92 Å². The van der Waals surface area contributed by atoms with Crippen LogP contribution in [0.2, 0.25) is 0 Å². The van der Waals surface area contributed by atoms with Crippen LogP contribution in [-0.4, -0.2) is 23.6 Å². The van der Waals surface area contributed by atoms with E-state index in [-0.39, 0.29) is 4.88 Å². The van der Waals surface area contributed by atoms with Crippen LogP contribution in [0.4, 0.5) is 5.69 Å². The van der Waals surface area contributed by atoms with Gasteiger partial charge in [-0.2, -0.15) is 0 Å². The topological polar surface area (TPSA) is 75.6 Å². The second-order valence-electron chi connectivity index (χ2n) is 3.85. The number of carbonyl (C=O) groups excluding carboxylic acids is 1. The molecule has 1 heterocycles. The molecule has 2 aromatic rings. The molecule has 0 radical (unpaired) electrons. The van der Waals surface area contributed by atoms with Crippen LogP contribution in [0.3, 0.4) is 0 Å². The van der Waals surface area contributed by atoms with Gasteiger partial charge in [-0.15, -0.1) is 11.3 Å². The molecule has 2 rings (SSSR count). The number of hydrogen-bond donors (Lipinski definition) is 2. The Balaban J connectivity index is 2.24. The molecule has 0 unspecified atom stereocenters. The van der Waals surface area contributed by atoms with E-state index >= 15 is 0 Å². The maximum atomic E-state index is 12.2. The summed E-state index contributed by atoms with van der Waals surface area (Å²) in [5.74, 6) is -0.983. The molecule has 6 heteroatoms. The maximum absolute atomic E-state index is 12.2. The number of hydrogen-bond acceptors (Lipinski definition) is 4. The van der Waals surface area contributed by atoms with Gasteiger partial charge >= 0.3 is 5.97 Å². The number of rotatable bonds is 5. The van der Waals surface area contributed by atoms with Gasteiger partial charge in [0.1, 0.15) is 10.6 Å². The van der Waals surface area contributed by atoms with Crippen molar-refractivity contribution < 1.29 is 19.4 Å². The summed E-state index contributed by atoms with van der Waals surface area (Å²) in [5.41, 5.74) is 0.663. The van der Waals surface area contributed by atoms with Gasteiger partial charge in [-0.3, -0.25) is 4.79 Å². The highest BCUT2D eigenvalue weighted by Crippen LogP contribution is 2.24. The Bertz CT molecular complexity index is 636. The molecular weight excluding hydrogens is 278 g/mol. The minimum absolute atomic E-state index is 0.104. The first-order valence-corrected chi connectivity index (χ1v) is 6.85. The highest BCUT2D eigenvalue weighted by molar-refractivity contribution is 7.12. The standard InChI is InChI=1S/C14H13NO4S/c1-2-19-11-6-4-3-5-9(11)13(16)15-10-7-8-20-12(10)14(17)18/h3-8H,2H2,1H3,(H,15,16)(H,17,18). The van der Waals surface area contributed by atoms with Crippen molar-refractivity contribution >= 4 is 28.9 Å². The molecule has 0 atom stereocenters. The summed E-state index contributed by atoms with van der Waals surface area (Å²) in [6.07, 6.45) is 0. The van der Waals surface area contributed by atoms with Crippen molar-refractivity contribution in [3.63, 3.8) is 0 Å². The monoisotopic (exact) mass is 291 g/mol. The first-order valence-electron chi connectivity index (χ1n) is 5.97. The smallest absolute Gasteiger partial charge is 0.348 e. The van der Waals surface area contributed by atoms with E-state index in [0.29, 0.717) is 23.6 Å². The summed E-state index contributed by atoms with van der Waals surface area (Å²) >= 11 is 1.06. The molecule has 0 aliphatic rings. The van der Waals surface area contributed by atoms with E-state index in [4.69, 9.17) is 9.84 Å². The van der Waals surface area contributed by atoms with E-state index < -0.39 is 11.9 Å². The molecule has 1 aromatic heterocycles. The lowest BCUT2D eigenvalue weighted by Crippen LogP contribution is -2.14. The molecule has 2 N–H and O–H groups in total. The van der Waals surface area contributed by atoms with Gasteiger partial charge < -0.3 is 15.2 Å². The van der Waals surface area contributed by atoms with Crippen LogP contribution in [0.5, 0.6) is 5.75 Å². The number of carboxylic acids is 1. The van der Waals surface area contributed by atoms with Crippen molar-refractivity contribution in [2.75, 3.05) is 11.9 Å². The van der Waals surface area contributed by atoms with Gasteiger partial charge in [0.05, 0.1) is 17.9 Å². The fourth-order valence-corrected chi connectivity index (χ4v) is 2.39. The predicted molar refractivity (Wildman–Crippen MR) is 76.8 cm³/mol. The van der Waals surface area contributed by atoms with Crippen molar-refractivity contribution in [2.24, 2.45) is 0 Å². The Morgan fingerprint density at radius 2 is 2.05 bits per heavy atom. The average Bonchev–Trinajstić information content (AvgIpc) is 2.88. The molecule has 0 spiro atoms. The molecule has 0 fully saturated rings. The van der Waals surface area contributed by atoms with Crippen LogP contribution < -0.4 is 10.1 Å². The van der Waals surface area contributed by atoms with Crippen LogP contribution >= 0.6 is 11.3 Å². The summed E-state index contributed by atoms with van der Waals surface area (Å²) in [6, 6.07) is 8.39. The third-order valence-corrected chi connectivity index (χ3v) is 3.44. The molecule has 20 heavy (non-hydrogen) atoms. The molecule has 1 amide bonds. The third-order valence-electron chi connectivity index (χ3n) is 2.54. The number of ether oxygens (including phenoxy) is 1. The Morgan fingerprint density at radius 1 is 1.30 bits per heavy atom. The highest BCUT2D eigenvalue weighted by Gasteiger charge is 2.17. The molecule has 0 saturated heterocycles. The van der Waals surface area contributed by atoms with E-state index in [9.17, 15) is 9.59 Å². The first-order chi connectivity index (χ1) is 9.63. The molecule has 0 aliphatic heterocycles. The molecule has 0 bridgehead atoms. The Hall–Kier alpha value is -2.34. The minimum Gasteiger partial charge on any atom is -0.493 e. The lowest BCUT2D eigenvalue weighted by atomic mass is 10.2. The normalized spacial score (nSPS) is 10.1. The van der Waals surface area contributed by atoms with Crippen LogP contribution in [0.15, 0.2) is 35.7 Å². The molecule has 1 aromatic carbocycles. The fraction of sp³-hybridized carbons (Fsp3) is 0.143. The van der Waals surface area contributed by atoms with Gasteiger partial charge in [-0.05, 0) is 30.5 Å². The van der Waals surface area contributed by atoms with E-state index in [2.05, 4.69) is 5.32 Å². The lowest BCUT2D eigenvalue weighted by molar-refractivity contribution is 0.0703. The Labute approximate surface area is 119 Å². The van der Waals surface area contributed by atoms with Crippen molar-refractivity contribution in [3.8, 4) is 5.75 Å². The van der Waals surface area contributed by atoms with Crippen LogP contribution in [0.1, 0.15) is 27.0 Å². The Morgan fingerprint density at radius 3 is 2.75 bits per heavy atom. The second-order valence-corrected chi connectivity index (χ2v) is 4.77. The number of carboxylic acid groups (broad SMARTS) is 1. The van der Waals surface area contributed by atoms with Crippen LogP contribution in [-0.2, 0) is 0 Å². The van der Waals surface area contributed by atoms with E-state index in [1.54, 1.807) is 35.7 Å². The minimum atomic E-state index is -1.06. The largest absolute Gasteiger partial charge is 0.493 e. The molecule has 5 nitrogen and oxygen atoms in total. The molecule has 104 valence electrons. The first kappa shape index (κ1) is 14.1. The van der Waals surface area contributed by atoms with E-state index in [0.717, 1.165) is 11.3 Å². The summed E-state index contributed by atoms with van der Waals surface area (Å²) in [6.45, 7) is 2.28. The zero-order chi connectivity index (χ0) is 14.5. The Kier molecular flexibility index (Phi) is 4.37. The zero-order valence-electron chi connectivity index (χ0n) is 10.8. The number of benzene rings is 1. The third kappa shape index (κ3) is 2.97. The summed E-state index contributed by atoms with van der Waals surface area (Å²) in [4.78, 5) is 23.3. The van der Waals surface area contributed by atoms with Gasteiger partial charge in [0, 0.05) is 0 Å². The van der Waals surface area contributed by atoms with Gasteiger partial charge in [0.25, 0.3) is 5.91 Å². The summed E-state index contributed by atoms with van der Waals surface area (Å²) in [7, 11) is 0. The van der Waals surface area contributed by atoms with E-state index in [1.165, 1.54) is 0 Å². The highest BCUT2D eigenvalue weighted by atomic mass is 32.1. The quantitative estimate of drug-likeness (QED) is 0.887. The van der Waals surface area contributed by atoms with Crippen molar-refractivity contribution in [1.82, 2.24) is 0 Å². The fourth-order valence-electron chi connectivity index (χ4n) is 1.70. The number of nitrogens with one attached hydrogen (secondary N) is 1. The van der Waals surface area contributed by atoms with Gasteiger partial charge in [-0.25, -0.2) is 4.79 Å². The summed E-state index contributed by atoms with van der Waals surface area (Å²) < 4.78 is 5.38. The number of para-hydroxylation sites is 1. The lowest BCUT2D eigenvalue weighted by Gasteiger charge is -2.10. The average molecular weight is 291 g/mol. The maximum Gasteiger partial charge on any atom is 0.348 e. The summed E-state index contributed by atoms with van der Waals surface area (Å²) in [5, 5.41) is 13.2. The van der Waals surface area contributed by atoms with Gasteiger partial charge in [0.15, 0.2) is 0 Å². The predicted octanol–water partition coefficient (Wildman–Crippen LogP) is 3.10. The number of thiophene rings is 1. The number of carbonyl (C=O) groups is 2. The second kappa shape index (κ2) is 6.21. The number of anilines is 1. The molecule has 0 aliphatic carbocycles. The molecule has 0 saturated carbocycles. The molecular formula is C14H13NO4S. The number of aromatic carboxylic acids is 1. The zero-order valence-corrected chi connectivity index (χ0v) is 11.6.